The molecule has 9 nitrogen and oxygen atoms in total. The largest absolute Gasteiger partial charge is 0.452 e. The highest BCUT2D eigenvalue weighted by atomic mass is 32.2. The summed E-state index contributed by atoms with van der Waals surface area (Å²) in [6.07, 6.45) is 0. The third-order valence-electron chi connectivity index (χ3n) is 2.99. The molecule has 0 saturated heterocycles. The number of amides is 1. The molecular weight excluding hydrogens is 388 g/mol. The zero-order valence-electron chi connectivity index (χ0n) is 12.3. The van der Waals surface area contributed by atoms with Crippen LogP contribution in [0.3, 0.4) is 0 Å². The molecule has 0 aliphatic heterocycles. The van der Waals surface area contributed by atoms with E-state index in [2.05, 4.69) is 14.1 Å². The molecule has 1 aromatic carbocycles. The third-order valence-corrected chi connectivity index (χ3v) is 5.91. The predicted octanol–water partition coefficient (Wildman–Crippen LogP) is 1.20. The number of carbonyl (C=O) groups is 2. The second kappa shape index (κ2) is 6.84. The second-order valence-electron chi connectivity index (χ2n) is 4.76. The molecule has 1 amide bonds. The summed E-state index contributed by atoms with van der Waals surface area (Å²) in [5.41, 5.74) is 1.66. The van der Waals surface area contributed by atoms with Gasteiger partial charge in [0.15, 0.2) is 6.61 Å². The molecule has 0 aliphatic carbocycles. The Morgan fingerprint density at radius 1 is 1.28 bits per heavy atom. The van der Waals surface area contributed by atoms with Crippen molar-refractivity contribution in [3.8, 4) is 0 Å². The van der Waals surface area contributed by atoms with Gasteiger partial charge in [-0.3, -0.25) is 4.79 Å². The number of carbonyl (C=O) groups excluding carboxylic acids is 2. The first-order chi connectivity index (χ1) is 11.8. The van der Waals surface area contributed by atoms with Crippen molar-refractivity contribution in [3.63, 3.8) is 0 Å². The normalized spacial score (nSPS) is 11.4. The van der Waals surface area contributed by atoms with Crippen LogP contribution in [0.4, 0.5) is 5.69 Å². The van der Waals surface area contributed by atoms with E-state index in [1.54, 1.807) is 18.2 Å². The lowest BCUT2D eigenvalue weighted by atomic mass is 10.2. The smallest absolute Gasteiger partial charge is 0.339 e. The van der Waals surface area contributed by atoms with E-state index in [0.717, 1.165) is 29.1 Å². The monoisotopic (exact) mass is 398 g/mol. The molecule has 0 radical (unpaired) electrons. The number of rotatable bonds is 5. The van der Waals surface area contributed by atoms with Gasteiger partial charge in [0.2, 0.25) is 10.0 Å². The Labute approximate surface area is 149 Å². The molecular formula is C13H10N4O5S3. The number of hydrogen-bond acceptors (Lipinski definition) is 9. The fourth-order valence-corrected chi connectivity index (χ4v) is 4.00. The molecule has 0 atom stereocenters. The summed E-state index contributed by atoms with van der Waals surface area (Å²) in [6.45, 7) is -0.534. The second-order valence-corrected chi connectivity index (χ2v) is 7.99. The number of sulfonamides is 1. The van der Waals surface area contributed by atoms with E-state index in [-0.39, 0.29) is 9.77 Å². The molecule has 0 spiro atoms. The van der Waals surface area contributed by atoms with Crippen LogP contribution in [0.15, 0.2) is 33.9 Å². The van der Waals surface area contributed by atoms with Gasteiger partial charge >= 0.3 is 5.97 Å². The Bertz CT molecular complexity index is 1060. The molecule has 3 rings (SSSR count). The number of primary sulfonamides is 1. The van der Waals surface area contributed by atoms with Gasteiger partial charge in [0.1, 0.15) is 15.2 Å². The maximum Gasteiger partial charge on any atom is 0.339 e. The van der Waals surface area contributed by atoms with Gasteiger partial charge in [-0.05, 0) is 18.2 Å². The van der Waals surface area contributed by atoms with Gasteiger partial charge in [0.05, 0.1) is 23.0 Å². The Balaban J connectivity index is 1.61. The van der Waals surface area contributed by atoms with Gasteiger partial charge < -0.3 is 10.1 Å². The molecule has 0 bridgehead atoms. The molecule has 0 unspecified atom stereocenters. The highest BCUT2D eigenvalue weighted by Crippen LogP contribution is 2.21. The van der Waals surface area contributed by atoms with E-state index in [1.807, 2.05) is 0 Å². The van der Waals surface area contributed by atoms with Gasteiger partial charge in [-0.15, -0.1) is 11.3 Å². The van der Waals surface area contributed by atoms with Gasteiger partial charge in [0.25, 0.3) is 5.91 Å². The SMILES string of the molecule is NS(=O)(=O)c1cc(C(=O)OCC(=O)Nc2cccc3nsnc23)cs1. The molecule has 0 fully saturated rings. The Morgan fingerprint density at radius 3 is 2.80 bits per heavy atom. The summed E-state index contributed by atoms with van der Waals surface area (Å²) in [5.74, 6) is -1.38. The quantitative estimate of drug-likeness (QED) is 0.615. The van der Waals surface area contributed by atoms with Gasteiger partial charge in [-0.1, -0.05) is 6.07 Å². The maximum absolute atomic E-state index is 11.9. The summed E-state index contributed by atoms with van der Waals surface area (Å²) >= 11 is 1.81. The highest BCUT2D eigenvalue weighted by Gasteiger charge is 2.17. The molecule has 2 heterocycles. The number of benzene rings is 1. The van der Waals surface area contributed by atoms with Crippen LogP contribution in [0.2, 0.25) is 0 Å². The minimum atomic E-state index is -3.88. The van der Waals surface area contributed by atoms with Crippen molar-refractivity contribution in [1.29, 1.82) is 0 Å². The van der Waals surface area contributed by atoms with Crippen molar-refractivity contribution < 1.29 is 22.7 Å². The molecule has 2 aromatic heterocycles. The Morgan fingerprint density at radius 2 is 2.08 bits per heavy atom. The summed E-state index contributed by atoms with van der Waals surface area (Å²) < 4.78 is 35.2. The molecule has 3 aromatic rings. The molecule has 3 N–H and O–H groups in total. The number of hydrogen-bond donors (Lipinski definition) is 2. The van der Waals surface area contributed by atoms with Crippen LogP contribution in [0.5, 0.6) is 0 Å². The third kappa shape index (κ3) is 3.99. The van der Waals surface area contributed by atoms with Crippen LogP contribution in [-0.4, -0.2) is 35.6 Å². The number of nitrogens with two attached hydrogens (primary N) is 1. The predicted molar refractivity (Wildman–Crippen MR) is 92.0 cm³/mol. The van der Waals surface area contributed by atoms with E-state index >= 15 is 0 Å². The minimum absolute atomic E-state index is 0.00706. The van der Waals surface area contributed by atoms with Crippen molar-refractivity contribution in [1.82, 2.24) is 8.75 Å². The van der Waals surface area contributed by atoms with Crippen molar-refractivity contribution in [2.45, 2.75) is 4.21 Å². The van der Waals surface area contributed by atoms with Gasteiger partial charge in [0, 0.05) is 5.38 Å². The summed E-state index contributed by atoms with van der Waals surface area (Å²) in [4.78, 5) is 23.8. The minimum Gasteiger partial charge on any atom is -0.452 e. The summed E-state index contributed by atoms with van der Waals surface area (Å²) in [5, 5.41) is 8.85. The van der Waals surface area contributed by atoms with Crippen LogP contribution in [0, 0.1) is 0 Å². The summed E-state index contributed by atoms with van der Waals surface area (Å²) in [7, 11) is -3.88. The average Bonchev–Trinajstić information content (AvgIpc) is 3.21. The van der Waals surface area contributed by atoms with Crippen molar-refractivity contribution >= 4 is 61.7 Å². The van der Waals surface area contributed by atoms with Gasteiger partial charge in [-0.2, -0.15) is 8.75 Å². The lowest BCUT2D eigenvalue weighted by Crippen LogP contribution is -2.21. The van der Waals surface area contributed by atoms with E-state index < -0.39 is 28.5 Å². The molecule has 0 saturated carbocycles. The van der Waals surface area contributed by atoms with Gasteiger partial charge in [-0.25, -0.2) is 18.4 Å². The van der Waals surface area contributed by atoms with Crippen molar-refractivity contribution in [3.05, 3.63) is 35.2 Å². The summed E-state index contributed by atoms with van der Waals surface area (Å²) in [6, 6.07) is 6.22. The standard InChI is InChI=1S/C13H10N4O5S3/c14-25(20,21)11-4-7(6-23-11)13(19)22-5-10(18)15-8-2-1-3-9-12(8)17-24-16-9/h1-4,6H,5H2,(H,15,18)(H2,14,20,21). The fourth-order valence-electron chi connectivity index (χ4n) is 1.88. The highest BCUT2D eigenvalue weighted by molar-refractivity contribution is 7.91. The van der Waals surface area contributed by atoms with E-state index in [1.165, 1.54) is 5.38 Å². The fraction of sp³-hybridized carbons (Fsp3) is 0.0769. The van der Waals surface area contributed by atoms with Crippen molar-refractivity contribution in [2.24, 2.45) is 5.14 Å². The number of aromatic nitrogens is 2. The number of thiophene rings is 1. The lowest BCUT2D eigenvalue weighted by Gasteiger charge is -2.06. The topological polar surface area (TPSA) is 141 Å². The molecule has 130 valence electrons. The first kappa shape index (κ1) is 17.4. The number of anilines is 1. The first-order valence-electron chi connectivity index (χ1n) is 6.64. The number of nitrogens with one attached hydrogen (secondary N) is 1. The Kier molecular flexibility index (Phi) is 4.76. The van der Waals surface area contributed by atoms with E-state index in [0.29, 0.717) is 16.7 Å². The van der Waals surface area contributed by atoms with Crippen molar-refractivity contribution in [2.75, 3.05) is 11.9 Å². The first-order valence-corrected chi connectivity index (χ1v) is 9.80. The van der Waals surface area contributed by atoms with E-state index in [9.17, 15) is 18.0 Å². The zero-order chi connectivity index (χ0) is 18.0. The molecule has 25 heavy (non-hydrogen) atoms. The molecule has 12 heteroatoms. The van der Waals surface area contributed by atoms with Crippen LogP contribution in [-0.2, 0) is 19.6 Å². The average molecular weight is 398 g/mol. The van der Waals surface area contributed by atoms with Crippen LogP contribution >= 0.6 is 23.1 Å². The molecule has 0 aliphatic rings. The Hall–Kier alpha value is -2.41. The number of nitrogens with zero attached hydrogens (tertiary/aromatic N) is 2. The van der Waals surface area contributed by atoms with E-state index in [4.69, 9.17) is 9.88 Å². The lowest BCUT2D eigenvalue weighted by molar-refractivity contribution is -0.119. The van der Waals surface area contributed by atoms with Crippen LogP contribution in [0.25, 0.3) is 11.0 Å². The van der Waals surface area contributed by atoms with Crippen LogP contribution in [0.1, 0.15) is 10.4 Å². The number of esters is 1. The number of ether oxygens (including phenoxy) is 1. The maximum atomic E-state index is 11.9. The zero-order valence-corrected chi connectivity index (χ0v) is 14.8. The number of fused-ring (bicyclic) bond motifs is 1. The van der Waals surface area contributed by atoms with Crippen LogP contribution < -0.4 is 10.5 Å².